The molecule has 1 unspecified atom stereocenters. The van der Waals surface area contributed by atoms with Gasteiger partial charge in [0.15, 0.2) is 0 Å². The molecule has 0 radical (unpaired) electrons. The first kappa shape index (κ1) is 27.9. The summed E-state index contributed by atoms with van der Waals surface area (Å²) in [4.78, 5) is 39.2. The first-order valence-corrected chi connectivity index (χ1v) is 12.3. The number of carboxylic acids is 1. The zero-order valence-corrected chi connectivity index (χ0v) is 22.4. The number of imide groups is 1. The highest BCUT2D eigenvalue weighted by atomic mass is 35.5. The predicted molar refractivity (Wildman–Crippen MR) is 142 cm³/mol. The number of para-hydroxylation sites is 1. The number of methoxy groups -OCH3 is 2. The van der Waals surface area contributed by atoms with Gasteiger partial charge >= 0.3 is 12.0 Å². The molecule has 3 rings (SSSR count). The topological polar surface area (TPSA) is 110 Å². The number of carboxylic acid groups (broad SMARTS) is 1. The second-order valence-electron chi connectivity index (χ2n) is 8.71. The third-order valence-corrected chi connectivity index (χ3v) is 6.81. The number of carbonyl (C=O) groups excluding carboxylic acids is 2. The lowest BCUT2D eigenvalue weighted by molar-refractivity contribution is -0.137. The molecule has 2 N–H and O–H groups in total. The van der Waals surface area contributed by atoms with Crippen molar-refractivity contribution in [3.8, 4) is 11.5 Å². The highest BCUT2D eigenvalue weighted by molar-refractivity contribution is 6.32. The van der Waals surface area contributed by atoms with Crippen LogP contribution in [0.1, 0.15) is 53.8 Å². The Balaban J connectivity index is 1.96. The molecular weight excluding hydrogens is 498 g/mol. The van der Waals surface area contributed by atoms with Crippen LogP contribution >= 0.6 is 11.6 Å². The number of amides is 3. The summed E-state index contributed by atoms with van der Waals surface area (Å²) in [7, 11) is 4.41. The van der Waals surface area contributed by atoms with Crippen LogP contribution in [-0.4, -0.2) is 53.7 Å². The normalized spacial score (nSPS) is 11.7. The van der Waals surface area contributed by atoms with Gasteiger partial charge in [0.05, 0.1) is 25.3 Å². The molecule has 37 heavy (non-hydrogen) atoms. The number of ether oxygens (including phenoxy) is 2. The molecule has 1 atom stereocenters. The maximum Gasteiger partial charge on any atom is 0.324 e. The molecule has 0 saturated carbocycles. The number of unbranched alkanes of at least 4 members (excludes halogenated alkanes) is 1. The Morgan fingerprint density at radius 3 is 2.43 bits per heavy atom. The first-order chi connectivity index (χ1) is 17.6. The quantitative estimate of drug-likeness (QED) is 0.363. The van der Waals surface area contributed by atoms with E-state index in [2.05, 4.69) is 5.32 Å². The van der Waals surface area contributed by atoms with Crippen LogP contribution in [0.2, 0.25) is 5.02 Å². The number of urea groups is 1. The number of aromatic nitrogens is 1. The molecule has 1 heterocycles. The summed E-state index contributed by atoms with van der Waals surface area (Å²) in [6, 6.07) is 9.20. The summed E-state index contributed by atoms with van der Waals surface area (Å²) in [5, 5.41) is 13.4. The molecule has 0 aliphatic heterocycles. The number of benzene rings is 2. The van der Waals surface area contributed by atoms with Crippen molar-refractivity contribution in [2.75, 3.05) is 21.3 Å². The molecule has 9 nitrogen and oxygen atoms in total. The average Bonchev–Trinajstić information content (AvgIpc) is 3.24. The van der Waals surface area contributed by atoms with Crippen LogP contribution in [0.4, 0.5) is 4.79 Å². The number of aliphatic carboxylic acids is 1. The minimum absolute atomic E-state index is 0.0993. The van der Waals surface area contributed by atoms with Gasteiger partial charge in [-0.05, 0) is 25.5 Å². The van der Waals surface area contributed by atoms with E-state index < -0.39 is 30.5 Å². The number of nitrogens with zero attached hydrogens (tertiary/aromatic N) is 2. The van der Waals surface area contributed by atoms with Crippen LogP contribution < -0.4 is 14.8 Å². The monoisotopic (exact) mass is 529 g/mol. The van der Waals surface area contributed by atoms with E-state index in [1.165, 1.54) is 18.7 Å². The summed E-state index contributed by atoms with van der Waals surface area (Å²) in [5.41, 5.74) is 2.00. The third kappa shape index (κ3) is 5.83. The number of nitrogens with one attached hydrogen (secondary N) is 1. The average molecular weight is 530 g/mol. The van der Waals surface area contributed by atoms with Crippen LogP contribution in [0.3, 0.4) is 0 Å². The van der Waals surface area contributed by atoms with Gasteiger partial charge in [-0.1, -0.05) is 49.6 Å². The maximum absolute atomic E-state index is 13.4. The van der Waals surface area contributed by atoms with E-state index in [0.29, 0.717) is 45.0 Å². The maximum atomic E-state index is 13.4. The van der Waals surface area contributed by atoms with Gasteiger partial charge in [-0.25, -0.2) is 4.79 Å². The van der Waals surface area contributed by atoms with Crippen molar-refractivity contribution < 1.29 is 29.0 Å². The highest BCUT2D eigenvalue weighted by Crippen LogP contribution is 2.41. The number of hydrogen-bond acceptors (Lipinski definition) is 5. The Kier molecular flexibility index (Phi) is 9.04. The molecule has 1 aromatic heterocycles. The van der Waals surface area contributed by atoms with Gasteiger partial charge < -0.3 is 24.5 Å². The summed E-state index contributed by atoms with van der Waals surface area (Å²) >= 11 is 6.72. The third-order valence-electron chi connectivity index (χ3n) is 6.33. The van der Waals surface area contributed by atoms with Crippen LogP contribution in [0, 0.1) is 6.92 Å². The van der Waals surface area contributed by atoms with Crippen molar-refractivity contribution in [1.29, 1.82) is 0 Å². The van der Waals surface area contributed by atoms with Crippen LogP contribution in [0.25, 0.3) is 10.9 Å². The molecule has 3 aromatic rings. The molecular formula is C27H32ClN3O6. The summed E-state index contributed by atoms with van der Waals surface area (Å²) < 4.78 is 12.4. The highest BCUT2D eigenvalue weighted by Gasteiger charge is 2.29. The lowest BCUT2D eigenvalue weighted by Crippen LogP contribution is -2.43. The number of halogens is 1. The Labute approximate surface area is 220 Å². The largest absolute Gasteiger partial charge is 0.496 e. The lowest BCUT2D eigenvalue weighted by atomic mass is 9.97. The second-order valence-corrected chi connectivity index (χ2v) is 9.09. The molecule has 0 bridgehead atoms. The number of rotatable bonds is 10. The van der Waals surface area contributed by atoms with E-state index in [-0.39, 0.29) is 5.69 Å². The van der Waals surface area contributed by atoms with E-state index in [1.54, 1.807) is 43.5 Å². The predicted octanol–water partition coefficient (Wildman–Crippen LogP) is 5.42. The number of fused-ring (bicyclic) bond motifs is 1. The van der Waals surface area contributed by atoms with E-state index in [4.69, 9.17) is 21.1 Å². The Bertz CT molecular complexity index is 1320. The molecule has 0 fully saturated rings. The van der Waals surface area contributed by atoms with Crippen molar-refractivity contribution in [1.82, 2.24) is 14.8 Å². The fourth-order valence-electron chi connectivity index (χ4n) is 4.33. The zero-order valence-electron chi connectivity index (χ0n) is 21.6. The fraction of sp³-hybridized carbons (Fsp3) is 0.370. The Morgan fingerprint density at radius 1 is 1.14 bits per heavy atom. The van der Waals surface area contributed by atoms with Gasteiger partial charge in [0.1, 0.15) is 23.7 Å². The second kappa shape index (κ2) is 12.0. The fourth-order valence-corrected chi connectivity index (χ4v) is 4.65. The summed E-state index contributed by atoms with van der Waals surface area (Å²) in [6.07, 6.45) is 2.23. The minimum Gasteiger partial charge on any atom is -0.496 e. The molecule has 2 aromatic carbocycles. The van der Waals surface area contributed by atoms with Crippen molar-refractivity contribution >= 4 is 40.4 Å². The van der Waals surface area contributed by atoms with E-state index >= 15 is 0 Å². The van der Waals surface area contributed by atoms with Crippen molar-refractivity contribution in [2.24, 2.45) is 0 Å². The van der Waals surface area contributed by atoms with Gasteiger partial charge in [0.25, 0.3) is 5.91 Å². The van der Waals surface area contributed by atoms with Gasteiger partial charge in [0, 0.05) is 35.1 Å². The molecule has 3 amide bonds. The SMILES string of the molecule is CCCCC(NC(=O)N(C)C(=O)c1cc2ccccc2n1CC(=O)O)c1c(OC)cc(OC)c(C)c1Cl. The van der Waals surface area contributed by atoms with Crippen molar-refractivity contribution in [2.45, 2.75) is 45.7 Å². The van der Waals surface area contributed by atoms with Crippen LogP contribution in [-0.2, 0) is 11.3 Å². The molecule has 0 saturated heterocycles. The van der Waals surface area contributed by atoms with Crippen LogP contribution in [0.5, 0.6) is 11.5 Å². The van der Waals surface area contributed by atoms with E-state index in [0.717, 1.165) is 17.7 Å². The summed E-state index contributed by atoms with van der Waals surface area (Å²) in [5.74, 6) is -0.707. The number of carbonyl (C=O) groups is 3. The molecule has 198 valence electrons. The molecule has 0 spiro atoms. The number of hydrogen-bond donors (Lipinski definition) is 2. The van der Waals surface area contributed by atoms with Gasteiger partial charge in [-0.3, -0.25) is 14.5 Å². The van der Waals surface area contributed by atoms with Gasteiger partial charge in [0.2, 0.25) is 0 Å². The summed E-state index contributed by atoms with van der Waals surface area (Å²) in [6.45, 7) is 3.44. The standard InChI is InChI=1S/C27H32ClN3O6/c1-6-7-11-18(24-22(37-5)14-21(36-4)16(2)25(24)28)29-27(35)30(3)26(34)20-13-17-10-8-9-12-19(17)31(20)15-23(32)33/h8-10,12-14,18H,6-7,11,15H2,1-5H3,(H,29,35)(H,32,33). The smallest absolute Gasteiger partial charge is 0.324 e. The molecule has 0 aliphatic rings. The van der Waals surface area contributed by atoms with Gasteiger partial charge in [-0.15, -0.1) is 0 Å². The van der Waals surface area contributed by atoms with Crippen LogP contribution in [0.15, 0.2) is 36.4 Å². The van der Waals surface area contributed by atoms with Gasteiger partial charge in [-0.2, -0.15) is 0 Å². The van der Waals surface area contributed by atoms with Crippen molar-refractivity contribution in [3.63, 3.8) is 0 Å². The van der Waals surface area contributed by atoms with E-state index in [1.807, 2.05) is 13.8 Å². The van der Waals surface area contributed by atoms with Crippen molar-refractivity contribution in [3.05, 3.63) is 58.2 Å². The zero-order chi connectivity index (χ0) is 27.3. The van der Waals surface area contributed by atoms with E-state index in [9.17, 15) is 19.5 Å². The first-order valence-electron chi connectivity index (χ1n) is 11.9. The lowest BCUT2D eigenvalue weighted by Gasteiger charge is -2.26. The molecule has 0 aliphatic carbocycles. The molecule has 10 heteroatoms. The minimum atomic E-state index is -1.10. The Hall–Kier alpha value is -3.72. The Morgan fingerprint density at radius 2 is 1.81 bits per heavy atom.